The van der Waals surface area contributed by atoms with Crippen LogP contribution >= 0.6 is 0 Å². The summed E-state index contributed by atoms with van der Waals surface area (Å²) in [6, 6.07) is 24.7. The fraction of sp³-hybridized carbons (Fsp3) is 0.0370. The van der Waals surface area contributed by atoms with Crippen LogP contribution in [0.1, 0.15) is 11.1 Å². The van der Waals surface area contributed by atoms with E-state index >= 15 is 0 Å². The third kappa shape index (κ3) is 3.78. The van der Waals surface area contributed by atoms with E-state index in [1.807, 2.05) is 72.8 Å². The van der Waals surface area contributed by atoms with Gasteiger partial charge in [0.25, 0.3) is 0 Å². The fourth-order valence-corrected chi connectivity index (χ4v) is 3.49. The summed E-state index contributed by atoms with van der Waals surface area (Å²) >= 11 is 0. The average molecular weight is 418 g/mol. The zero-order valence-electron chi connectivity index (χ0n) is 17.2. The summed E-state index contributed by atoms with van der Waals surface area (Å²) in [4.78, 5) is 4.52. The second-order valence-electron chi connectivity index (χ2n) is 7.20. The van der Waals surface area contributed by atoms with E-state index in [0.717, 1.165) is 27.6 Å². The monoisotopic (exact) mass is 418 g/mol. The smallest absolute Gasteiger partial charge is 0.155 e. The van der Waals surface area contributed by atoms with Crippen LogP contribution in [0.4, 0.5) is 0 Å². The number of hydrogen-bond acceptors (Lipinski definition) is 5. The van der Waals surface area contributed by atoms with E-state index in [1.165, 1.54) is 0 Å². The molecule has 2 aromatic heterocycles. The number of nitrogens with zero attached hydrogens (tertiary/aromatic N) is 2. The molecule has 154 valence electrons. The normalized spacial score (nSPS) is 11.3. The molecule has 1 N–H and O–H groups in total. The maximum atomic E-state index is 9.57. The topological polar surface area (TPSA) is 67.8 Å². The first-order valence-corrected chi connectivity index (χ1v) is 10.0. The van der Waals surface area contributed by atoms with Gasteiger partial charge in [0, 0.05) is 34.2 Å². The number of hydrogen-bond donors (Lipinski definition) is 1. The minimum Gasteiger partial charge on any atom is -0.497 e. The Kier molecular flexibility index (Phi) is 5.03. The predicted molar refractivity (Wildman–Crippen MR) is 123 cm³/mol. The molecule has 2 heterocycles. The van der Waals surface area contributed by atoms with E-state index in [2.05, 4.69) is 22.0 Å². The van der Waals surface area contributed by atoms with Crippen LogP contribution in [0.25, 0.3) is 33.2 Å². The number of methoxy groups -OCH3 is 1. The molecule has 0 bridgehead atoms. The summed E-state index contributed by atoms with van der Waals surface area (Å²) in [5, 5.41) is 16.2. The minimum atomic E-state index is 0.408. The molecular formula is C27H18N2O3. The molecule has 0 saturated heterocycles. The van der Waals surface area contributed by atoms with Gasteiger partial charge < -0.3 is 14.4 Å². The Labute approximate surface area is 184 Å². The van der Waals surface area contributed by atoms with Gasteiger partial charge in [0.1, 0.15) is 22.4 Å². The lowest BCUT2D eigenvalue weighted by atomic mass is 10.1. The van der Waals surface area contributed by atoms with Gasteiger partial charge in [-0.3, -0.25) is 4.98 Å². The molecule has 0 saturated carbocycles. The van der Waals surface area contributed by atoms with Gasteiger partial charge in [0.15, 0.2) is 5.76 Å². The highest BCUT2D eigenvalue weighted by Crippen LogP contribution is 2.24. The molecule has 0 aliphatic heterocycles. The van der Waals surface area contributed by atoms with Crippen LogP contribution in [0.2, 0.25) is 0 Å². The summed E-state index contributed by atoms with van der Waals surface area (Å²) in [6.45, 7) is 0. The lowest BCUT2D eigenvalue weighted by Crippen LogP contribution is -2.04. The first kappa shape index (κ1) is 19.4. The Balaban J connectivity index is 1.58. The van der Waals surface area contributed by atoms with Gasteiger partial charge in [-0.1, -0.05) is 41.3 Å². The maximum Gasteiger partial charge on any atom is 0.155 e. The predicted octanol–water partition coefficient (Wildman–Crippen LogP) is 5.35. The highest BCUT2D eigenvalue weighted by atomic mass is 16.5. The van der Waals surface area contributed by atoms with Crippen molar-refractivity contribution in [1.82, 2.24) is 4.98 Å². The van der Waals surface area contributed by atoms with Gasteiger partial charge in [-0.15, -0.1) is 0 Å². The fourth-order valence-electron chi connectivity index (χ4n) is 3.49. The first-order chi connectivity index (χ1) is 15.7. The first-order valence-electron chi connectivity index (χ1n) is 10.0. The standard InChI is InChI=1S/C27H18N2O3/c1-31-22-11-8-18(9-12-22)6-7-19-10-13-23-24(29-30)16-27(32-26(23)14-19)25-15-20-4-2-3-5-21(20)17-28-25/h2-5,8-17,30H,1H3/b29-24+. The molecule has 0 amide bonds. The summed E-state index contributed by atoms with van der Waals surface area (Å²) in [6.07, 6.45) is 1.80. The molecule has 5 rings (SSSR count). The van der Waals surface area contributed by atoms with Gasteiger partial charge in [0.05, 0.1) is 7.11 Å². The van der Waals surface area contributed by atoms with Gasteiger partial charge in [0.2, 0.25) is 0 Å². The van der Waals surface area contributed by atoms with Crippen molar-refractivity contribution < 1.29 is 14.4 Å². The molecule has 32 heavy (non-hydrogen) atoms. The SMILES string of the molecule is COc1ccc(C#Cc2ccc3/c(=N/O)cc(-c4cc5ccccc5cn4)oc3c2)cc1. The number of fused-ring (bicyclic) bond motifs is 2. The highest BCUT2D eigenvalue weighted by Gasteiger charge is 2.09. The maximum absolute atomic E-state index is 9.57. The highest BCUT2D eigenvalue weighted by molar-refractivity contribution is 5.85. The zero-order chi connectivity index (χ0) is 21.9. The van der Waals surface area contributed by atoms with Crippen molar-refractivity contribution in [1.29, 1.82) is 0 Å². The second-order valence-corrected chi connectivity index (χ2v) is 7.20. The third-order valence-corrected chi connectivity index (χ3v) is 5.18. The Morgan fingerprint density at radius 1 is 0.875 bits per heavy atom. The number of ether oxygens (including phenoxy) is 1. The van der Waals surface area contributed by atoms with Crippen LogP contribution in [-0.2, 0) is 0 Å². The number of rotatable bonds is 2. The molecule has 0 spiro atoms. The Hall–Kier alpha value is -4.56. The number of pyridine rings is 1. The molecule has 0 aliphatic carbocycles. The van der Waals surface area contributed by atoms with Gasteiger partial charge in [-0.25, -0.2) is 0 Å². The Morgan fingerprint density at radius 2 is 1.62 bits per heavy atom. The Bertz CT molecular complexity index is 1570. The molecule has 0 aliphatic rings. The van der Waals surface area contributed by atoms with Crippen LogP contribution < -0.4 is 10.1 Å². The molecule has 5 nitrogen and oxygen atoms in total. The molecular weight excluding hydrogens is 400 g/mol. The molecule has 5 heteroatoms. The average Bonchev–Trinajstić information content (AvgIpc) is 2.86. The van der Waals surface area contributed by atoms with Crippen LogP contribution in [0.3, 0.4) is 0 Å². The molecule has 5 aromatic rings. The molecule has 0 unspecified atom stereocenters. The zero-order valence-corrected chi connectivity index (χ0v) is 17.2. The van der Waals surface area contributed by atoms with Crippen molar-refractivity contribution >= 4 is 21.7 Å². The summed E-state index contributed by atoms with van der Waals surface area (Å²) < 4.78 is 11.3. The van der Waals surface area contributed by atoms with E-state index in [4.69, 9.17) is 9.15 Å². The third-order valence-electron chi connectivity index (χ3n) is 5.18. The minimum absolute atomic E-state index is 0.408. The summed E-state index contributed by atoms with van der Waals surface area (Å²) in [7, 11) is 1.63. The van der Waals surface area contributed by atoms with Gasteiger partial charge >= 0.3 is 0 Å². The van der Waals surface area contributed by atoms with Gasteiger partial charge in [-0.2, -0.15) is 0 Å². The van der Waals surface area contributed by atoms with Crippen molar-refractivity contribution in [2.45, 2.75) is 0 Å². The molecule has 3 aromatic carbocycles. The van der Waals surface area contributed by atoms with Crippen LogP contribution in [0.5, 0.6) is 5.75 Å². The lowest BCUT2D eigenvalue weighted by molar-refractivity contribution is 0.302. The largest absolute Gasteiger partial charge is 0.497 e. The summed E-state index contributed by atoms with van der Waals surface area (Å²) in [5.41, 5.74) is 2.88. The molecule has 0 radical (unpaired) electrons. The van der Waals surface area contributed by atoms with Crippen LogP contribution in [0, 0.1) is 11.8 Å². The Morgan fingerprint density at radius 3 is 2.41 bits per heavy atom. The van der Waals surface area contributed by atoms with E-state index in [-0.39, 0.29) is 0 Å². The van der Waals surface area contributed by atoms with Crippen LogP contribution in [0.15, 0.2) is 94.6 Å². The molecule has 0 atom stereocenters. The number of benzene rings is 3. The van der Waals surface area contributed by atoms with Gasteiger partial charge in [-0.05, 0) is 53.9 Å². The van der Waals surface area contributed by atoms with Crippen molar-refractivity contribution in [3.8, 4) is 29.0 Å². The van der Waals surface area contributed by atoms with Crippen molar-refractivity contribution in [3.05, 3.63) is 102 Å². The lowest BCUT2D eigenvalue weighted by Gasteiger charge is -2.05. The van der Waals surface area contributed by atoms with E-state index in [1.54, 1.807) is 19.4 Å². The van der Waals surface area contributed by atoms with E-state index in [9.17, 15) is 5.21 Å². The van der Waals surface area contributed by atoms with Crippen LogP contribution in [-0.4, -0.2) is 17.3 Å². The molecule has 0 fully saturated rings. The van der Waals surface area contributed by atoms with Crippen molar-refractivity contribution in [3.63, 3.8) is 0 Å². The van der Waals surface area contributed by atoms with Crippen molar-refractivity contribution in [2.24, 2.45) is 5.16 Å². The summed E-state index contributed by atoms with van der Waals surface area (Å²) in [5.74, 6) is 7.59. The van der Waals surface area contributed by atoms with E-state index < -0.39 is 0 Å². The second kappa shape index (κ2) is 8.29. The van der Waals surface area contributed by atoms with Crippen molar-refractivity contribution in [2.75, 3.05) is 7.11 Å². The quantitative estimate of drug-likeness (QED) is 0.239. The van der Waals surface area contributed by atoms with E-state index in [0.29, 0.717) is 27.8 Å². The number of aromatic nitrogens is 1.